The van der Waals surface area contributed by atoms with Gasteiger partial charge >= 0.3 is 0 Å². The van der Waals surface area contributed by atoms with Crippen molar-refractivity contribution >= 4 is 17.7 Å². The lowest BCUT2D eigenvalue weighted by atomic mass is 9.96. The molecule has 23 heavy (non-hydrogen) atoms. The fourth-order valence-electron chi connectivity index (χ4n) is 2.31. The zero-order chi connectivity index (χ0) is 16.9. The summed E-state index contributed by atoms with van der Waals surface area (Å²) in [5.41, 5.74) is 0.501. The number of thioether (sulfide) groups is 1. The topological polar surface area (TPSA) is 75.4 Å². The lowest BCUT2D eigenvalue weighted by molar-refractivity contribution is -0.119. The molecule has 5 nitrogen and oxygen atoms in total. The first-order valence-corrected chi connectivity index (χ1v) is 8.58. The number of aromatic nitrogens is 1. The number of nitrogens with zero attached hydrogens (tertiary/aromatic N) is 1. The summed E-state index contributed by atoms with van der Waals surface area (Å²) in [6.45, 7) is 5.46. The number of amides is 1. The van der Waals surface area contributed by atoms with Crippen LogP contribution in [0.15, 0.2) is 34.9 Å². The fraction of sp³-hybridized carbons (Fsp3) is 0.412. The number of furan rings is 1. The summed E-state index contributed by atoms with van der Waals surface area (Å²) >= 11 is 1.49. The largest absolute Gasteiger partial charge is 0.466 e. The second-order valence-electron chi connectivity index (χ2n) is 5.69. The number of carbonyl (C=O) groups is 1. The predicted molar refractivity (Wildman–Crippen MR) is 91.2 cm³/mol. The number of aryl methyl sites for hydroxylation is 2. The standard InChI is InChI=1S/C17H22N2O3S/c1-12-8-15(13(2)22-12)17(3,21)11-19-16(20)10-23-9-14-6-4-5-7-18-14/h4-8,21H,9-11H2,1-3H3,(H,19,20). The molecule has 2 heterocycles. The molecular formula is C17H22N2O3S. The first-order chi connectivity index (χ1) is 10.9. The monoisotopic (exact) mass is 334 g/mol. The number of aliphatic hydroxyl groups is 1. The molecule has 1 atom stereocenters. The van der Waals surface area contributed by atoms with E-state index in [4.69, 9.17) is 4.42 Å². The Morgan fingerprint density at radius 3 is 2.83 bits per heavy atom. The first kappa shape index (κ1) is 17.6. The van der Waals surface area contributed by atoms with Crippen LogP contribution in [0.5, 0.6) is 0 Å². The van der Waals surface area contributed by atoms with Crippen molar-refractivity contribution in [2.24, 2.45) is 0 Å². The average Bonchev–Trinajstić information content (AvgIpc) is 2.86. The first-order valence-electron chi connectivity index (χ1n) is 7.43. The Kier molecular flexibility index (Phi) is 5.85. The molecule has 0 aliphatic carbocycles. The molecule has 2 N–H and O–H groups in total. The van der Waals surface area contributed by atoms with Crippen molar-refractivity contribution < 1.29 is 14.3 Å². The third-order valence-electron chi connectivity index (χ3n) is 3.46. The van der Waals surface area contributed by atoms with Gasteiger partial charge < -0.3 is 14.8 Å². The van der Waals surface area contributed by atoms with Gasteiger partial charge in [-0.05, 0) is 39.0 Å². The maximum atomic E-state index is 11.9. The quantitative estimate of drug-likeness (QED) is 0.814. The highest BCUT2D eigenvalue weighted by Crippen LogP contribution is 2.26. The minimum Gasteiger partial charge on any atom is -0.466 e. The van der Waals surface area contributed by atoms with Crippen LogP contribution in [0.2, 0.25) is 0 Å². The van der Waals surface area contributed by atoms with E-state index in [0.29, 0.717) is 22.8 Å². The molecule has 0 fully saturated rings. The molecule has 6 heteroatoms. The molecule has 2 aromatic heterocycles. The summed E-state index contributed by atoms with van der Waals surface area (Å²) in [5, 5.41) is 13.3. The Morgan fingerprint density at radius 2 is 2.22 bits per heavy atom. The third-order valence-corrected chi connectivity index (χ3v) is 4.43. The molecule has 0 bridgehead atoms. The van der Waals surface area contributed by atoms with Gasteiger partial charge in [-0.25, -0.2) is 0 Å². The number of hydrogen-bond acceptors (Lipinski definition) is 5. The minimum atomic E-state index is -1.15. The second kappa shape index (κ2) is 7.66. The molecule has 124 valence electrons. The van der Waals surface area contributed by atoms with Gasteiger partial charge in [0.1, 0.15) is 17.1 Å². The molecule has 2 rings (SSSR count). The zero-order valence-electron chi connectivity index (χ0n) is 13.6. The lowest BCUT2D eigenvalue weighted by Crippen LogP contribution is -2.39. The van der Waals surface area contributed by atoms with Crippen LogP contribution in [0.3, 0.4) is 0 Å². The fourth-order valence-corrected chi connectivity index (χ4v) is 3.08. The molecule has 0 saturated heterocycles. The molecule has 0 aliphatic rings. The van der Waals surface area contributed by atoms with Gasteiger partial charge in [-0.15, -0.1) is 11.8 Å². The predicted octanol–water partition coefficient (Wildman–Crippen LogP) is 2.55. The average molecular weight is 334 g/mol. The molecule has 0 saturated carbocycles. The van der Waals surface area contributed by atoms with Crippen LogP contribution in [-0.4, -0.2) is 28.3 Å². The van der Waals surface area contributed by atoms with E-state index in [-0.39, 0.29) is 12.5 Å². The highest BCUT2D eigenvalue weighted by atomic mass is 32.2. The van der Waals surface area contributed by atoms with Crippen LogP contribution in [0, 0.1) is 13.8 Å². The minimum absolute atomic E-state index is 0.107. The number of hydrogen-bond donors (Lipinski definition) is 2. The van der Waals surface area contributed by atoms with Crippen molar-refractivity contribution in [1.29, 1.82) is 0 Å². The van der Waals surface area contributed by atoms with E-state index in [0.717, 1.165) is 11.5 Å². The highest BCUT2D eigenvalue weighted by Gasteiger charge is 2.28. The lowest BCUT2D eigenvalue weighted by Gasteiger charge is -2.23. The molecule has 0 radical (unpaired) electrons. The van der Waals surface area contributed by atoms with Crippen molar-refractivity contribution in [3.63, 3.8) is 0 Å². The van der Waals surface area contributed by atoms with Crippen LogP contribution >= 0.6 is 11.8 Å². The van der Waals surface area contributed by atoms with Crippen molar-refractivity contribution in [1.82, 2.24) is 10.3 Å². The smallest absolute Gasteiger partial charge is 0.230 e. The molecule has 0 spiro atoms. The van der Waals surface area contributed by atoms with E-state index < -0.39 is 5.60 Å². The SMILES string of the molecule is Cc1cc(C(C)(O)CNC(=O)CSCc2ccccn2)c(C)o1. The van der Waals surface area contributed by atoms with Crippen LogP contribution in [0.1, 0.15) is 29.7 Å². The van der Waals surface area contributed by atoms with E-state index in [1.54, 1.807) is 26.1 Å². The van der Waals surface area contributed by atoms with Gasteiger partial charge in [0.15, 0.2) is 0 Å². The maximum absolute atomic E-state index is 11.9. The van der Waals surface area contributed by atoms with Crippen LogP contribution < -0.4 is 5.32 Å². The number of nitrogens with one attached hydrogen (secondary N) is 1. The van der Waals surface area contributed by atoms with E-state index in [1.807, 2.05) is 25.1 Å². The molecule has 0 aliphatic heterocycles. The third kappa shape index (κ3) is 5.11. The van der Waals surface area contributed by atoms with Gasteiger partial charge in [-0.3, -0.25) is 9.78 Å². The Morgan fingerprint density at radius 1 is 1.43 bits per heavy atom. The van der Waals surface area contributed by atoms with Gasteiger partial charge in [0.25, 0.3) is 0 Å². The van der Waals surface area contributed by atoms with E-state index in [9.17, 15) is 9.90 Å². The normalized spacial score (nSPS) is 13.6. The summed E-state index contributed by atoms with van der Waals surface area (Å²) in [6, 6.07) is 7.52. The van der Waals surface area contributed by atoms with Gasteiger partial charge in [0.2, 0.25) is 5.91 Å². The van der Waals surface area contributed by atoms with Gasteiger partial charge in [-0.2, -0.15) is 0 Å². The molecular weight excluding hydrogens is 312 g/mol. The van der Waals surface area contributed by atoms with E-state index in [2.05, 4.69) is 10.3 Å². The van der Waals surface area contributed by atoms with Crippen LogP contribution in [0.25, 0.3) is 0 Å². The Bertz CT molecular complexity index is 653. The molecule has 1 unspecified atom stereocenters. The number of pyridine rings is 1. The van der Waals surface area contributed by atoms with Crippen molar-refractivity contribution in [3.05, 3.63) is 53.2 Å². The number of carbonyl (C=O) groups excluding carboxylic acids is 1. The summed E-state index contributed by atoms with van der Waals surface area (Å²) in [5.74, 6) is 2.33. The van der Waals surface area contributed by atoms with Gasteiger partial charge in [0, 0.05) is 17.5 Å². The molecule has 0 aromatic carbocycles. The summed E-state index contributed by atoms with van der Waals surface area (Å²) in [4.78, 5) is 16.1. The second-order valence-corrected chi connectivity index (χ2v) is 6.68. The van der Waals surface area contributed by atoms with Gasteiger partial charge in [0.05, 0.1) is 18.0 Å². The maximum Gasteiger partial charge on any atom is 0.230 e. The molecule has 1 amide bonds. The summed E-state index contributed by atoms with van der Waals surface area (Å²) in [6.07, 6.45) is 1.74. The van der Waals surface area contributed by atoms with Crippen molar-refractivity contribution in [2.45, 2.75) is 32.1 Å². The zero-order valence-corrected chi connectivity index (χ0v) is 14.4. The summed E-state index contributed by atoms with van der Waals surface area (Å²) < 4.78 is 5.44. The van der Waals surface area contributed by atoms with Crippen molar-refractivity contribution in [2.75, 3.05) is 12.3 Å². The van der Waals surface area contributed by atoms with E-state index in [1.165, 1.54) is 11.8 Å². The van der Waals surface area contributed by atoms with Crippen LogP contribution in [-0.2, 0) is 16.1 Å². The summed E-state index contributed by atoms with van der Waals surface area (Å²) in [7, 11) is 0. The van der Waals surface area contributed by atoms with Crippen LogP contribution in [0.4, 0.5) is 0 Å². The molecule has 2 aromatic rings. The van der Waals surface area contributed by atoms with E-state index >= 15 is 0 Å². The Hall–Kier alpha value is -1.79. The van der Waals surface area contributed by atoms with Crippen molar-refractivity contribution in [3.8, 4) is 0 Å². The Balaban J connectivity index is 1.78. The van der Waals surface area contributed by atoms with Gasteiger partial charge in [-0.1, -0.05) is 6.07 Å². The Labute approximate surface area is 140 Å². The number of rotatable bonds is 7. The highest BCUT2D eigenvalue weighted by molar-refractivity contribution is 7.99.